The quantitative estimate of drug-likeness (QED) is 0.586. The van der Waals surface area contributed by atoms with Crippen LogP contribution in [0.15, 0.2) is 65.1 Å². The molecule has 2 N–H and O–H groups in total. The summed E-state index contributed by atoms with van der Waals surface area (Å²) in [6.45, 7) is -0.471. The van der Waals surface area contributed by atoms with Gasteiger partial charge in [0.25, 0.3) is 5.91 Å². The normalized spacial score (nSPS) is 12.1. The largest absolute Gasteiger partial charge is 0.484 e. The Balaban J connectivity index is 1.59. The highest BCUT2D eigenvalue weighted by molar-refractivity contribution is 5.91. The lowest BCUT2D eigenvalue weighted by Gasteiger charge is -2.17. The number of para-hydroxylation sites is 1. The third-order valence-electron chi connectivity index (χ3n) is 4.34. The van der Waals surface area contributed by atoms with Gasteiger partial charge in [0.05, 0.1) is 17.2 Å². The van der Waals surface area contributed by atoms with Crippen molar-refractivity contribution in [2.24, 2.45) is 0 Å². The summed E-state index contributed by atoms with van der Waals surface area (Å²) in [7, 11) is 0. The zero-order valence-corrected chi connectivity index (χ0v) is 16.0. The van der Waals surface area contributed by atoms with E-state index in [1.807, 2.05) is 6.07 Å². The highest BCUT2D eigenvalue weighted by atomic mass is 19.4. The number of furan rings is 1. The molecule has 31 heavy (non-hydrogen) atoms. The summed E-state index contributed by atoms with van der Waals surface area (Å²) in [5.74, 6) is -0.129. The van der Waals surface area contributed by atoms with Gasteiger partial charge in [0.1, 0.15) is 24.2 Å². The van der Waals surface area contributed by atoms with Crippen LogP contribution in [0.5, 0.6) is 5.75 Å². The number of nitrogens with zero attached hydrogens (tertiary/aromatic N) is 1. The summed E-state index contributed by atoms with van der Waals surface area (Å²) in [6.07, 6.45) is -6.18. The molecule has 0 aliphatic heterocycles. The smallest absolute Gasteiger partial charge is 0.416 e. The number of aliphatic hydroxyl groups excluding tert-OH is 1. The predicted molar refractivity (Wildman–Crippen MR) is 103 cm³/mol. The van der Waals surface area contributed by atoms with E-state index >= 15 is 0 Å². The second-order valence-electron chi connectivity index (χ2n) is 6.47. The molecule has 0 bridgehead atoms. The molecule has 3 rings (SSSR count). The van der Waals surface area contributed by atoms with Gasteiger partial charge in [0.2, 0.25) is 0 Å². The Morgan fingerprint density at radius 1 is 1.13 bits per heavy atom. The van der Waals surface area contributed by atoms with Gasteiger partial charge in [-0.15, -0.1) is 0 Å². The lowest BCUT2D eigenvalue weighted by molar-refractivity contribution is -0.139. The number of aliphatic hydroxyl groups is 1. The molecule has 1 amide bonds. The number of ether oxygens (including phenoxy) is 1. The van der Waals surface area contributed by atoms with Crippen LogP contribution in [0.1, 0.15) is 39.1 Å². The van der Waals surface area contributed by atoms with E-state index in [0.29, 0.717) is 17.1 Å². The van der Waals surface area contributed by atoms with Crippen LogP contribution in [-0.2, 0) is 12.8 Å². The van der Waals surface area contributed by atoms with E-state index in [0.717, 1.165) is 12.1 Å². The molecular formula is C22H17F3N2O4. The molecule has 0 saturated heterocycles. The number of rotatable bonds is 7. The zero-order valence-electron chi connectivity index (χ0n) is 16.0. The second kappa shape index (κ2) is 9.36. The van der Waals surface area contributed by atoms with Crippen LogP contribution < -0.4 is 10.1 Å². The van der Waals surface area contributed by atoms with E-state index in [9.17, 15) is 23.1 Å². The molecule has 1 aromatic heterocycles. The molecule has 0 aliphatic rings. The maximum atomic E-state index is 13.1. The van der Waals surface area contributed by atoms with Gasteiger partial charge in [0, 0.05) is 6.54 Å². The molecule has 0 radical (unpaired) electrons. The van der Waals surface area contributed by atoms with Crippen molar-refractivity contribution in [2.75, 3.05) is 6.54 Å². The first-order chi connectivity index (χ1) is 14.8. The van der Waals surface area contributed by atoms with Crippen molar-refractivity contribution in [3.63, 3.8) is 0 Å². The van der Waals surface area contributed by atoms with Crippen LogP contribution in [0.3, 0.4) is 0 Å². The minimum absolute atomic E-state index is 0.0342. The van der Waals surface area contributed by atoms with E-state index in [1.54, 1.807) is 24.3 Å². The van der Waals surface area contributed by atoms with E-state index in [1.165, 1.54) is 24.3 Å². The van der Waals surface area contributed by atoms with Gasteiger partial charge in [-0.1, -0.05) is 30.3 Å². The highest BCUT2D eigenvalue weighted by Gasteiger charge is 2.34. The van der Waals surface area contributed by atoms with Gasteiger partial charge in [-0.05, 0) is 35.9 Å². The standard InChI is InChI=1S/C22H17F3N2O4/c23-22(24,25)17-7-3-2-6-16(17)18(28)12-27-21(29)20-10-9-15(31-20)13-30-19-8-4-1-5-14(19)11-26/h1-10,18,28H,12-13H2,(H,27,29). The molecule has 160 valence electrons. The summed E-state index contributed by atoms with van der Waals surface area (Å²) in [5.41, 5.74) is -0.952. The van der Waals surface area contributed by atoms with Crippen LogP contribution in [0.25, 0.3) is 0 Å². The lowest BCUT2D eigenvalue weighted by Crippen LogP contribution is -2.29. The number of benzene rings is 2. The fourth-order valence-electron chi connectivity index (χ4n) is 2.84. The van der Waals surface area contributed by atoms with Crippen molar-refractivity contribution in [3.05, 3.63) is 88.9 Å². The first-order valence-electron chi connectivity index (χ1n) is 9.12. The summed E-state index contributed by atoms with van der Waals surface area (Å²) in [6, 6.07) is 16.1. The minimum Gasteiger partial charge on any atom is -0.484 e. The number of nitriles is 1. The van der Waals surface area contributed by atoms with Gasteiger partial charge in [0.15, 0.2) is 5.76 Å². The summed E-state index contributed by atoms with van der Waals surface area (Å²) < 4.78 is 50.1. The van der Waals surface area contributed by atoms with Crippen molar-refractivity contribution in [1.29, 1.82) is 5.26 Å². The Morgan fingerprint density at radius 2 is 1.84 bits per heavy atom. The Bertz CT molecular complexity index is 1100. The van der Waals surface area contributed by atoms with E-state index in [2.05, 4.69) is 5.32 Å². The Hall–Kier alpha value is -3.77. The van der Waals surface area contributed by atoms with Gasteiger partial charge >= 0.3 is 6.18 Å². The molecule has 1 heterocycles. The number of amides is 1. The number of hydrogen-bond donors (Lipinski definition) is 2. The summed E-state index contributed by atoms with van der Waals surface area (Å²) in [4.78, 5) is 12.2. The molecule has 0 aliphatic carbocycles. The van der Waals surface area contributed by atoms with Crippen LogP contribution in [0, 0.1) is 11.3 Å². The second-order valence-corrected chi connectivity index (χ2v) is 6.47. The number of alkyl halides is 3. The van der Waals surface area contributed by atoms with Gasteiger partial charge in [-0.2, -0.15) is 18.4 Å². The SMILES string of the molecule is N#Cc1ccccc1OCc1ccc(C(=O)NCC(O)c2ccccc2C(F)(F)F)o1. The molecule has 6 nitrogen and oxygen atoms in total. The van der Waals surface area contributed by atoms with Crippen LogP contribution in [0.2, 0.25) is 0 Å². The minimum atomic E-state index is -4.62. The van der Waals surface area contributed by atoms with E-state index in [4.69, 9.17) is 14.4 Å². The zero-order chi connectivity index (χ0) is 22.4. The number of halogens is 3. The number of nitrogens with one attached hydrogen (secondary N) is 1. The Morgan fingerprint density at radius 3 is 2.58 bits per heavy atom. The lowest BCUT2D eigenvalue weighted by atomic mass is 10.0. The van der Waals surface area contributed by atoms with Crippen molar-refractivity contribution >= 4 is 5.91 Å². The van der Waals surface area contributed by atoms with Crippen molar-refractivity contribution < 1.29 is 32.2 Å². The molecule has 1 unspecified atom stereocenters. The molecule has 0 saturated carbocycles. The van der Waals surface area contributed by atoms with Gasteiger partial charge < -0.3 is 19.6 Å². The average Bonchev–Trinajstić information content (AvgIpc) is 3.24. The molecule has 2 aromatic carbocycles. The third-order valence-corrected chi connectivity index (χ3v) is 4.34. The molecule has 9 heteroatoms. The predicted octanol–water partition coefficient (Wildman–Crippen LogP) is 4.21. The van der Waals surface area contributed by atoms with Gasteiger partial charge in [-0.25, -0.2) is 0 Å². The molecular weight excluding hydrogens is 413 g/mol. The molecule has 3 aromatic rings. The first-order valence-corrected chi connectivity index (χ1v) is 9.12. The Kier molecular flexibility index (Phi) is 6.62. The highest BCUT2D eigenvalue weighted by Crippen LogP contribution is 2.34. The summed E-state index contributed by atoms with van der Waals surface area (Å²) >= 11 is 0. The average molecular weight is 430 g/mol. The van der Waals surface area contributed by atoms with E-state index in [-0.39, 0.29) is 17.9 Å². The van der Waals surface area contributed by atoms with Crippen LogP contribution in [0.4, 0.5) is 13.2 Å². The number of carbonyl (C=O) groups excluding carboxylic acids is 1. The number of carbonyl (C=O) groups is 1. The third kappa shape index (κ3) is 5.43. The number of hydrogen-bond acceptors (Lipinski definition) is 5. The fraction of sp³-hybridized carbons (Fsp3) is 0.182. The van der Waals surface area contributed by atoms with Crippen molar-refractivity contribution in [1.82, 2.24) is 5.32 Å². The van der Waals surface area contributed by atoms with Crippen LogP contribution in [-0.4, -0.2) is 17.6 Å². The molecule has 0 fully saturated rings. The first kappa shape index (κ1) is 21.9. The maximum Gasteiger partial charge on any atom is 0.416 e. The fourth-order valence-corrected chi connectivity index (χ4v) is 2.84. The molecule has 0 spiro atoms. The topological polar surface area (TPSA) is 95.5 Å². The summed E-state index contributed by atoms with van der Waals surface area (Å²) in [5, 5.41) is 21.5. The van der Waals surface area contributed by atoms with Crippen LogP contribution >= 0.6 is 0 Å². The van der Waals surface area contributed by atoms with Crippen molar-refractivity contribution in [2.45, 2.75) is 18.9 Å². The van der Waals surface area contributed by atoms with E-state index < -0.39 is 30.3 Å². The Labute approximate surface area is 175 Å². The van der Waals surface area contributed by atoms with Crippen molar-refractivity contribution in [3.8, 4) is 11.8 Å². The molecule has 1 atom stereocenters. The van der Waals surface area contributed by atoms with Gasteiger partial charge in [-0.3, -0.25) is 4.79 Å². The maximum absolute atomic E-state index is 13.1. The monoisotopic (exact) mass is 430 g/mol.